The molecule has 0 saturated carbocycles. The Kier molecular flexibility index (Phi) is 14.1. The molecule has 4 N–H and O–H groups in total. The van der Waals surface area contributed by atoms with Crippen molar-refractivity contribution < 1.29 is 39.6 Å². The van der Waals surface area contributed by atoms with Crippen LogP contribution >= 0.6 is 49.6 Å². The van der Waals surface area contributed by atoms with Gasteiger partial charge in [0.05, 0.1) is 22.3 Å². The fourth-order valence-corrected chi connectivity index (χ4v) is 1.40. The van der Waals surface area contributed by atoms with Gasteiger partial charge >= 0.3 is 23.9 Å². The van der Waals surface area contributed by atoms with Crippen molar-refractivity contribution in [2.24, 2.45) is 0 Å². The molecule has 1 rings (SSSR count). The van der Waals surface area contributed by atoms with Gasteiger partial charge in [0.2, 0.25) is 0 Å². The molecule has 0 amide bonds. The van der Waals surface area contributed by atoms with E-state index in [0.29, 0.717) is 0 Å². The van der Waals surface area contributed by atoms with Crippen molar-refractivity contribution in [3.05, 3.63) is 34.4 Å². The highest BCUT2D eigenvalue weighted by molar-refractivity contribution is 6.13. The van der Waals surface area contributed by atoms with E-state index in [2.05, 4.69) is 0 Å². The van der Waals surface area contributed by atoms with Crippen LogP contribution in [0.15, 0.2) is 12.1 Å². The third-order valence-electron chi connectivity index (χ3n) is 2.09. The van der Waals surface area contributed by atoms with Gasteiger partial charge in [0.15, 0.2) is 0 Å². The van der Waals surface area contributed by atoms with E-state index in [1.165, 1.54) is 0 Å². The lowest BCUT2D eigenvalue weighted by molar-refractivity contribution is 0.0619. The van der Waals surface area contributed by atoms with Crippen molar-refractivity contribution in [1.82, 2.24) is 0 Å². The van der Waals surface area contributed by atoms with Gasteiger partial charge in [-0.25, -0.2) is 19.2 Å². The molecular formula is C10H10Cl4O8. The first-order valence-corrected chi connectivity index (χ1v) is 4.37. The van der Waals surface area contributed by atoms with Gasteiger partial charge in [-0.2, -0.15) is 0 Å². The fourth-order valence-electron chi connectivity index (χ4n) is 1.40. The molecule has 0 bridgehead atoms. The van der Waals surface area contributed by atoms with Crippen LogP contribution in [-0.4, -0.2) is 44.3 Å². The minimum Gasteiger partial charge on any atom is -0.478 e. The monoisotopic (exact) mass is 398 g/mol. The van der Waals surface area contributed by atoms with E-state index in [0.717, 1.165) is 12.1 Å². The standard InChI is InChI=1S/C10H6O8.4ClH/c11-7(12)3-1-2-4(8(13)14)6(10(17)18)5(3)9(15)16;;;;/h1-2H,(H,11,12)(H,13,14)(H,15,16)(H,17,18);4*1H. The lowest BCUT2D eigenvalue weighted by Gasteiger charge is -2.08. The Morgan fingerprint density at radius 3 is 0.909 bits per heavy atom. The van der Waals surface area contributed by atoms with E-state index in [9.17, 15) is 19.2 Å². The molecule has 0 radical (unpaired) electrons. The molecule has 0 heterocycles. The summed E-state index contributed by atoms with van der Waals surface area (Å²) in [5, 5.41) is 35.2. The van der Waals surface area contributed by atoms with Crippen LogP contribution < -0.4 is 0 Å². The van der Waals surface area contributed by atoms with Crippen LogP contribution in [0.1, 0.15) is 41.4 Å². The molecule has 1 aromatic rings. The molecule has 0 aromatic heterocycles. The quantitative estimate of drug-likeness (QED) is 0.601. The lowest BCUT2D eigenvalue weighted by atomic mass is 9.95. The Hall–Kier alpha value is -1.74. The topological polar surface area (TPSA) is 149 Å². The maximum Gasteiger partial charge on any atom is 0.337 e. The Labute approximate surface area is 147 Å². The van der Waals surface area contributed by atoms with Gasteiger partial charge in [0.25, 0.3) is 0 Å². The minimum atomic E-state index is -1.83. The number of halogens is 4. The molecule has 0 saturated heterocycles. The largest absolute Gasteiger partial charge is 0.478 e. The number of hydrogen-bond acceptors (Lipinski definition) is 4. The molecule has 0 atom stereocenters. The van der Waals surface area contributed by atoms with E-state index in [-0.39, 0.29) is 49.6 Å². The predicted molar refractivity (Wildman–Crippen MR) is 83.3 cm³/mol. The Morgan fingerprint density at radius 1 is 0.545 bits per heavy atom. The second-order valence-electron chi connectivity index (χ2n) is 3.13. The molecule has 0 aliphatic rings. The van der Waals surface area contributed by atoms with E-state index < -0.39 is 46.1 Å². The second kappa shape index (κ2) is 10.9. The average Bonchev–Trinajstić information content (AvgIpc) is 2.26. The summed E-state index contributed by atoms with van der Waals surface area (Å²) in [6.07, 6.45) is 0. The normalized spacial score (nSPS) is 8.00. The molecule has 0 aliphatic heterocycles. The number of carboxylic acids is 4. The number of aromatic carboxylic acids is 4. The maximum absolute atomic E-state index is 10.9. The molecule has 126 valence electrons. The first-order valence-electron chi connectivity index (χ1n) is 4.37. The summed E-state index contributed by atoms with van der Waals surface area (Å²) in [7, 11) is 0. The highest BCUT2D eigenvalue weighted by Crippen LogP contribution is 2.20. The van der Waals surface area contributed by atoms with Crippen molar-refractivity contribution in [3.63, 3.8) is 0 Å². The van der Waals surface area contributed by atoms with Crippen LogP contribution in [0.2, 0.25) is 0 Å². The van der Waals surface area contributed by atoms with Crippen LogP contribution in [0, 0.1) is 0 Å². The van der Waals surface area contributed by atoms with Crippen molar-refractivity contribution in [1.29, 1.82) is 0 Å². The molecule has 0 fully saturated rings. The smallest absolute Gasteiger partial charge is 0.337 e. The molecule has 22 heavy (non-hydrogen) atoms. The summed E-state index contributed by atoms with van der Waals surface area (Å²) in [5.41, 5.74) is -3.69. The zero-order valence-electron chi connectivity index (χ0n) is 10.2. The number of hydrogen-bond donors (Lipinski definition) is 4. The number of benzene rings is 1. The van der Waals surface area contributed by atoms with Crippen LogP contribution in [0.5, 0.6) is 0 Å². The summed E-state index contributed by atoms with van der Waals surface area (Å²) in [4.78, 5) is 43.4. The van der Waals surface area contributed by atoms with Gasteiger partial charge in [0, 0.05) is 0 Å². The molecule has 8 nitrogen and oxygen atoms in total. The Morgan fingerprint density at radius 2 is 0.773 bits per heavy atom. The first-order chi connectivity index (χ1) is 8.27. The van der Waals surface area contributed by atoms with Crippen molar-refractivity contribution in [2.75, 3.05) is 0 Å². The average molecular weight is 400 g/mol. The van der Waals surface area contributed by atoms with Gasteiger partial charge in [-0.3, -0.25) is 0 Å². The van der Waals surface area contributed by atoms with Crippen LogP contribution in [0.4, 0.5) is 0 Å². The maximum atomic E-state index is 10.9. The zero-order valence-corrected chi connectivity index (χ0v) is 13.5. The molecule has 12 heteroatoms. The van der Waals surface area contributed by atoms with E-state index in [4.69, 9.17) is 20.4 Å². The SMILES string of the molecule is Cl.Cl.Cl.Cl.O=C(O)c1ccc(C(=O)O)c(C(=O)O)c1C(=O)O. The van der Waals surface area contributed by atoms with Gasteiger partial charge in [-0.1, -0.05) is 0 Å². The molecule has 1 aromatic carbocycles. The Balaban J connectivity index is -0.000000405. The molecule has 0 unspecified atom stereocenters. The van der Waals surface area contributed by atoms with E-state index in [1.807, 2.05) is 0 Å². The molecular weight excluding hydrogens is 390 g/mol. The third-order valence-corrected chi connectivity index (χ3v) is 2.09. The van der Waals surface area contributed by atoms with Crippen LogP contribution in [-0.2, 0) is 0 Å². The van der Waals surface area contributed by atoms with E-state index in [1.54, 1.807) is 0 Å². The van der Waals surface area contributed by atoms with Gasteiger partial charge < -0.3 is 20.4 Å². The summed E-state index contributed by atoms with van der Waals surface area (Å²) in [6.45, 7) is 0. The second-order valence-corrected chi connectivity index (χ2v) is 3.13. The number of rotatable bonds is 4. The predicted octanol–water partition coefficient (Wildman–Crippen LogP) is 2.17. The Bertz CT molecular complexity index is 536. The van der Waals surface area contributed by atoms with E-state index >= 15 is 0 Å². The van der Waals surface area contributed by atoms with Gasteiger partial charge in [-0.15, -0.1) is 49.6 Å². The molecule has 0 spiro atoms. The van der Waals surface area contributed by atoms with Crippen molar-refractivity contribution >= 4 is 73.5 Å². The van der Waals surface area contributed by atoms with Crippen molar-refractivity contribution in [3.8, 4) is 0 Å². The fraction of sp³-hybridized carbons (Fsp3) is 0. The van der Waals surface area contributed by atoms with Crippen LogP contribution in [0.3, 0.4) is 0 Å². The first kappa shape index (κ1) is 28.4. The summed E-state index contributed by atoms with van der Waals surface area (Å²) in [5.74, 6) is -6.97. The highest BCUT2D eigenvalue weighted by atomic mass is 35.5. The summed E-state index contributed by atoms with van der Waals surface area (Å²) >= 11 is 0. The lowest BCUT2D eigenvalue weighted by Crippen LogP contribution is -2.19. The van der Waals surface area contributed by atoms with Gasteiger partial charge in [-0.05, 0) is 12.1 Å². The third kappa shape index (κ3) is 5.57. The molecule has 0 aliphatic carbocycles. The highest BCUT2D eigenvalue weighted by Gasteiger charge is 2.29. The zero-order chi connectivity index (χ0) is 14.0. The van der Waals surface area contributed by atoms with Crippen LogP contribution in [0.25, 0.3) is 0 Å². The number of carboxylic acid groups (broad SMARTS) is 4. The summed E-state index contributed by atoms with van der Waals surface area (Å²) in [6, 6.07) is 1.48. The minimum absolute atomic E-state index is 0. The van der Waals surface area contributed by atoms with Crippen molar-refractivity contribution in [2.45, 2.75) is 0 Å². The van der Waals surface area contributed by atoms with Gasteiger partial charge in [0.1, 0.15) is 0 Å². The summed E-state index contributed by atoms with van der Waals surface area (Å²) < 4.78 is 0. The number of carbonyl (C=O) groups is 4.